The monoisotopic (exact) mass is 225 g/mol. The lowest BCUT2D eigenvalue weighted by Crippen LogP contribution is -2.57. The summed E-state index contributed by atoms with van der Waals surface area (Å²) in [5.41, 5.74) is 0. The molecule has 1 unspecified atom stereocenters. The lowest BCUT2D eigenvalue weighted by molar-refractivity contribution is -0.143. The lowest BCUT2D eigenvalue weighted by atomic mass is 10.00. The predicted octanol–water partition coefficient (Wildman–Crippen LogP) is 0.268. The second-order valence-corrected chi connectivity index (χ2v) is 4.80. The van der Waals surface area contributed by atoms with Gasteiger partial charge in [0.15, 0.2) is 0 Å². The fourth-order valence-electron chi connectivity index (χ4n) is 2.46. The number of aliphatic hydroxyl groups is 1. The van der Waals surface area contributed by atoms with Crippen LogP contribution in [0.1, 0.15) is 26.2 Å². The molecule has 0 saturated carbocycles. The van der Waals surface area contributed by atoms with Crippen LogP contribution < -0.4 is 0 Å². The molecule has 1 amide bonds. The summed E-state index contributed by atoms with van der Waals surface area (Å²) in [7, 11) is 0. The fraction of sp³-hybridized carbons (Fsp3) is 0.833. The zero-order valence-electron chi connectivity index (χ0n) is 9.93. The molecule has 2 heterocycles. The molecule has 0 aromatic rings. The van der Waals surface area contributed by atoms with Crippen molar-refractivity contribution in [3.8, 4) is 0 Å². The van der Waals surface area contributed by atoms with Crippen molar-refractivity contribution in [2.24, 2.45) is 0 Å². The van der Waals surface area contributed by atoms with Gasteiger partial charge in [0.1, 0.15) is 0 Å². The number of hydrogen-bond donors (Lipinski definition) is 1. The van der Waals surface area contributed by atoms with E-state index in [-0.39, 0.29) is 12.0 Å². The lowest BCUT2D eigenvalue weighted by Gasteiger charge is -2.40. The summed E-state index contributed by atoms with van der Waals surface area (Å²) >= 11 is 0. The third-order valence-corrected chi connectivity index (χ3v) is 3.60. The Bertz CT molecular complexity index is 251. The minimum atomic E-state index is -0.291. The van der Waals surface area contributed by atoms with Crippen LogP contribution in [0.2, 0.25) is 0 Å². The van der Waals surface area contributed by atoms with E-state index in [4.69, 9.17) is 5.11 Å². The number of piperidine rings is 1. The van der Waals surface area contributed by atoms with Gasteiger partial charge in [0.05, 0.1) is 12.6 Å². The quantitative estimate of drug-likeness (QED) is 0.749. The van der Waals surface area contributed by atoms with Crippen LogP contribution in [0.3, 0.4) is 0 Å². The SMILES string of the molecule is CCC1C[CH]CCN1CC(=O)N1CC(O)C1. The Labute approximate surface area is 97.2 Å². The summed E-state index contributed by atoms with van der Waals surface area (Å²) in [6, 6.07) is 0.531. The van der Waals surface area contributed by atoms with Crippen LogP contribution in [0.5, 0.6) is 0 Å². The van der Waals surface area contributed by atoms with E-state index < -0.39 is 0 Å². The first kappa shape index (κ1) is 11.9. The van der Waals surface area contributed by atoms with Crippen LogP contribution in [0, 0.1) is 6.42 Å². The number of rotatable bonds is 3. The van der Waals surface area contributed by atoms with Crippen molar-refractivity contribution in [2.45, 2.75) is 38.3 Å². The number of nitrogens with zero attached hydrogens (tertiary/aromatic N) is 2. The van der Waals surface area contributed by atoms with Gasteiger partial charge in [0.2, 0.25) is 5.91 Å². The Balaban J connectivity index is 1.80. The van der Waals surface area contributed by atoms with Gasteiger partial charge >= 0.3 is 0 Å². The molecule has 2 fully saturated rings. The molecule has 2 aliphatic rings. The highest BCUT2D eigenvalue weighted by molar-refractivity contribution is 5.79. The van der Waals surface area contributed by atoms with Gasteiger partial charge in [-0.3, -0.25) is 9.69 Å². The molecule has 16 heavy (non-hydrogen) atoms. The molecular formula is C12H21N2O2. The number of aliphatic hydroxyl groups excluding tert-OH is 1. The van der Waals surface area contributed by atoms with Gasteiger partial charge in [-0.15, -0.1) is 0 Å². The number of amides is 1. The molecule has 1 atom stereocenters. The summed E-state index contributed by atoms with van der Waals surface area (Å²) in [5.74, 6) is 0.172. The van der Waals surface area contributed by atoms with Crippen molar-refractivity contribution in [3.63, 3.8) is 0 Å². The van der Waals surface area contributed by atoms with Crippen molar-refractivity contribution in [3.05, 3.63) is 6.42 Å². The van der Waals surface area contributed by atoms with Crippen molar-refractivity contribution in [1.82, 2.24) is 9.80 Å². The number of carbonyl (C=O) groups excluding carboxylic acids is 1. The third kappa shape index (κ3) is 2.55. The van der Waals surface area contributed by atoms with Gasteiger partial charge in [-0.25, -0.2) is 0 Å². The van der Waals surface area contributed by atoms with E-state index in [1.165, 1.54) is 0 Å². The Morgan fingerprint density at radius 2 is 2.25 bits per heavy atom. The second kappa shape index (κ2) is 5.15. The highest BCUT2D eigenvalue weighted by Crippen LogP contribution is 2.19. The van der Waals surface area contributed by atoms with E-state index in [1.54, 1.807) is 4.90 Å². The number of β-amino-alcohol motifs (C(OH)–C–C–N with tert-alkyl or cyclic N) is 1. The van der Waals surface area contributed by atoms with Gasteiger partial charge in [0.25, 0.3) is 0 Å². The first-order valence-corrected chi connectivity index (χ1v) is 6.22. The maximum atomic E-state index is 11.9. The van der Waals surface area contributed by atoms with E-state index in [1.807, 2.05) is 0 Å². The maximum absolute atomic E-state index is 11.9. The van der Waals surface area contributed by atoms with Crippen molar-refractivity contribution >= 4 is 5.91 Å². The van der Waals surface area contributed by atoms with Crippen molar-refractivity contribution < 1.29 is 9.90 Å². The topological polar surface area (TPSA) is 43.8 Å². The number of likely N-dealkylation sites (tertiary alicyclic amines) is 2. The first-order chi connectivity index (χ1) is 7.70. The van der Waals surface area contributed by atoms with E-state index in [0.717, 1.165) is 25.8 Å². The smallest absolute Gasteiger partial charge is 0.236 e. The van der Waals surface area contributed by atoms with E-state index in [9.17, 15) is 4.79 Å². The molecule has 0 aliphatic carbocycles. The predicted molar refractivity (Wildman–Crippen MR) is 61.8 cm³/mol. The molecule has 2 rings (SSSR count). The van der Waals surface area contributed by atoms with Gasteiger partial charge in [0, 0.05) is 19.1 Å². The van der Waals surface area contributed by atoms with E-state index in [2.05, 4.69) is 18.2 Å². The van der Waals surface area contributed by atoms with Crippen LogP contribution in [0.4, 0.5) is 0 Å². The minimum Gasteiger partial charge on any atom is -0.389 e. The molecule has 2 aliphatic heterocycles. The van der Waals surface area contributed by atoms with Gasteiger partial charge in [-0.1, -0.05) is 6.92 Å². The molecule has 2 saturated heterocycles. The summed E-state index contributed by atoms with van der Waals surface area (Å²) < 4.78 is 0. The molecule has 4 heteroatoms. The van der Waals surface area contributed by atoms with Crippen LogP contribution in [0.15, 0.2) is 0 Å². The Hall–Kier alpha value is -0.610. The van der Waals surface area contributed by atoms with E-state index >= 15 is 0 Å². The molecule has 91 valence electrons. The van der Waals surface area contributed by atoms with Crippen LogP contribution >= 0.6 is 0 Å². The fourth-order valence-corrected chi connectivity index (χ4v) is 2.46. The molecule has 1 N–H and O–H groups in total. The molecule has 1 radical (unpaired) electrons. The Morgan fingerprint density at radius 1 is 1.50 bits per heavy atom. The molecule has 0 aromatic carbocycles. The highest BCUT2D eigenvalue weighted by atomic mass is 16.3. The van der Waals surface area contributed by atoms with Gasteiger partial charge in [-0.05, 0) is 32.2 Å². The minimum absolute atomic E-state index is 0.172. The second-order valence-electron chi connectivity index (χ2n) is 4.80. The van der Waals surface area contributed by atoms with Gasteiger partial charge in [-0.2, -0.15) is 0 Å². The average Bonchev–Trinajstić information content (AvgIpc) is 2.25. The summed E-state index contributed by atoms with van der Waals surface area (Å²) in [6.07, 6.45) is 5.33. The molecule has 0 spiro atoms. The first-order valence-electron chi connectivity index (χ1n) is 6.22. The Morgan fingerprint density at radius 3 is 2.88 bits per heavy atom. The number of hydrogen-bond acceptors (Lipinski definition) is 3. The zero-order chi connectivity index (χ0) is 11.5. The van der Waals surface area contributed by atoms with Crippen LogP contribution in [-0.4, -0.2) is 59.1 Å². The maximum Gasteiger partial charge on any atom is 0.236 e. The molecule has 0 aromatic heterocycles. The van der Waals surface area contributed by atoms with Crippen LogP contribution in [0.25, 0.3) is 0 Å². The van der Waals surface area contributed by atoms with E-state index in [0.29, 0.717) is 25.7 Å². The van der Waals surface area contributed by atoms with Crippen molar-refractivity contribution in [1.29, 1.82) is 0 Å². The number of carbonyl (C=O) groups is 1. The largest absolute Gasteiger partial charge is 0.389 e. The highest BCUT2D eigenvalue weighted by Gasteiger charge is 2.31. The normalized spacial score (nSPS) is 27.9. The zero-order valence-corrected chi connectivity index (χ0v) is 9.93. The molecular weight excluding hydrogens is 204 g/mol. The molecule has 0 bridgehead atoms. The Kier molecular flexibility index (Phi) is 3.82. The summed E-state index contributed by atoms with van der Waals surface area (Å²) in [5, 5.41) is 9.16. The average molecular weight is 225 g/mol. The third-order valence-electron chi connectivity index (χ3n) is 3.60. The standard InChI is InChI=1S/C12H21N2O2/c1-2-10-5-3-4-6-13(10)9-12(16)14-7-11(15)8-14/h3,10-11,15H,2,4-9H2,1H3. The van der Waals surface area contributed by atoms with Crippen LogP contribution in [-0.2, 0) is 4.79 Å². The summed E-state index contributed by atoms with van der Waals surface area (Å²) in [6.45, 7) is 4.75. The van der Waals surface area contributed by atoms with Gasteiger partial charge < -0.3 is 10.0 Å². The van der Waals surface area contributed by atoms with Crippen molar-refractivity contribution in [2.75, 3.05) is 26.2 Å². The summed E-state index contributed by atoms with van der Waals surface area (Å²) in [4.78, 5) is 15.9. The molecule has 4 nitrogen and oxygen atoms in total.